The Morgan fingerprint density at radius 1 is 1.28 bits per heavy atom. The average molecular weight is 383 g/mol. The van der Waals surface area contributed by atoms with Crippen molar-refractivity contribution in [3.05, 3.63) is 16.7 Å². The van der Waals surface area contributed by atoms with Crippen LogP contribution in [0.1, 0.15) is 6.42 Å². The fraction of sp³-hybridized carbons (Fsp3) is 0.400. The molecule has 0 radical (unpaired) electrons. The van der Waals surface area contributed by atoms with Gasteiger partial charge in [-0.25, -0.2) is 9.55 Å². The average Bonchev–Trinajstić information content (AvgIpc) is 2.94. The second-order valence-electron chi connectivity index (χ2n) is 4.29. The molecule has 0 aliphatic rings. The molecular weight excluding hydrogens is 365 g/mol. The number of anilines is 1. The lowest BCUT2D eigenvalue weighted by molar-refractivity contribution is -0.111. The number of fused-ring (bicyclic) bond motifs is 1. The van der Waals surface area contributed by atoms with Crippen LogP contribution < -0.4 is 11.3 Å². The molecule has 142 valence electrons. The lowest BCUT2D eigenvalue weighted by atomic mass is 10.2. The Hall–Kier alpha value is -2.19. The number of hydrogen-bond acceptors (Lipinski definition) is 9. The summed E-state index contributed by atoms with van der Waals surface area (Å²) in [5, 5.41) is 25.5. The number of nitrogens with one attached hydrogen (secondary N) is 2. The number of aliphatic hydroxyl groups excluding tert-OH is 3. The van der Waals surface area contributed by atoms with Gasteiger partial charge in [0.2, 0.25) is 5.95 Å². The Morgan fingerprint density at radius 3 is 2.32 bits per heavy atom. The SMILES string of the molecule is Nc1nc2nc[nH]c2c(=O)[nH]1.O=CCC(O)C(O)CO.O=P(O)(O)O. The molecule has 14 nitrogen and oxygen atoms in total. The van der Waals surface area contributed by atoms with E-state index in [1.807, 2.05) is 0 Å². The van der Waals surface area contributed by atoms with E-state index >= 15 is 0 Å². The Kier molecular flexibility index (Phi) is 9.70. The minimum atomic E-state index is -4.64. The normalized spacial score (nSPS) is 13.0. The first-order chi connectivity index (χ1) is 11.5. The highest BCUT2D eigenvalue weighted by Gasteiger charge is 2.13. The van der Waals surface area contributed by atoms with Gasteiger partial charge in [0.05, 0.1) is 19.0 Å². The topological polar surface area (TPSA) is 256 Å². The van der Waals surface area contributed by atoms with Gasteiger partial charge in [-0.05, 0) is 0 Å². The zero-order chi connectivity index (χ0) is 19.6. The standard InChI is InChI=1S/C5H5N5O.C5H10O4.H3O4P/c6-5-9-3-2(4(11)10-5)7-1-8-3;6-2-1-4(8)5(9)3-7;1-5(2,3)4/h1H,(H4,6,7,8,9,10,11);2,4-5,7-9H,1,3H2;(H3,1,2,3,4). The number of aliphatic hydroxyl groups is 3. The highest BCUT2D eigenvalue weighted by atomic mass is 31.2. The molecule has 2 heterocycles. The van der Waals surface area contributed by atoms with E-state index in [0.717, 1.165) is 0 Å². The molecule has 15 heteroatoms. The third-order valence-electron chi connectivity index (χ3n) is 2.28. The van der Waals surface area contributed by atoms with Crippen molar-refractivity contribution in [2.75, 3.05) is 12.3 Å². The molecule has 2 unspecified atom stereocenters. The first kappa shape index (κ1) is 22.8. The molecule has 25 heavy (non-hydrogen) atoms. The van der Waals surface area contributed by atoms with Crippen LogP contribution in [-0.4, -0.2) is 75.0 Å². The Bertz CT molecular complexity index is 748. The van der Waals surface area contributed by atoms with E-state index in [0.29, 0.717) is 17.5 Å². The van der Waals surface area contributed by atoms with E-state index in [2.05, 4.69) is 19.9 Å². The van der Waals surface area contributed by atoms with Crippen LogP contribution in [0.2, 0.25) is 0 Å². The molecule has 0 saturated carbocycles. The van der Waals surface area contributed by atoms with Crippen LogP contribution in [0, 0.1) is 0 Å². The molecule has 2 atom stereocenters. The number of nitrogens with zero attached hydrogens (tertiary/aromatic N) is 2. The summed E-state index contributed by atoms with van der Waals surface area (Å²) in [4.78, 5) is 54.8. The number of aldehydes is 1. The van der Waals surface area contributed by atoms with Crippen molar-refractivity contribution in [2.24, 2.45) is 0 Å². The van der Waals surface area contributed by atoms with Gasteiger partial charge in [0.25, 0.3) is 5.56 Å². The zero-order valence-electron chi connectivity index (χ0n) is 12.6. The van der Waals surface area contributed by atoms with Crippen LogP contribution >= 0.6 is 7.82 Å². The van der Waals surface area contributed by atoms with Gasteiger partial charge in [0.15, 0.2) is 11.2 Å². The number of phosphoric acid groups is 1. The number of rotatable bonds is 4. The second-order valence-corrected chi connectivity index (χ2v) is 5.31. The van der Waals surface area contributed by atoms with Gasteiger partial charge in [-0.1, -0.05) is 0 Å². The van der Waals surface area contributed by atoms with Gasteiger partial charge in [-0.2, -0.15) is 4.98 Å². The highest BCUT2D eigenvalue weighted by Crippen LogP contribution is 2.25. The lowest BCUT2D eigenvalue weighted by Crippen LogP contribution is -2.29. The Morgan fingerprint density at radius 2 is 1.84 bits per heavy atom. The number of nitrogens with two attached hydrogens (primary N) is 1. The molecule has 0 spiro atoms. The van der Waals surface area contributed by atoms with Crippen LogP contribution in [0.15, 0.2) is 11.1 Å². The first-order valence-corrected chi connectivity index (χ1v) is 7.93. The van der Waals surface area contributed by atoms with Crippen molar-refractivity contribution in [1.82, 2.24) is 19.9 Å². The number of imidazole rings is 1. The number of aromatic nitrogens is 4. The molecule has 2 aromatic rings. The first-order valence-electron chi connectivity index (χ1n) is 6.37. The van der Waals surface area contributed by atoms with Crippen LogP contribution in [0.4, 0.5) is 5.95 Å². The molecular formula is C10H18N5O9P. The lowest BCUT2D eigenvalue weighted by Gasteiger charge is -2.11. The third-order valence-corrected chi connectivity index (χ3v) is 2.28. The quantitative estimate of drug-likeness (QED) is 0.185. The fourth-order valence-corrected chi connectivity index (χ4v) is 1.24. The van der Waals surface area contributed by atoms with Crippen LogP contribution in [0.3, 0.4) is 0 Å². The molecule has 0 bridgehead atoms. The smallest absolute Gasteiger partial charge is 0.394 e. The predicted octanol–water partition coefficient (Wildman–Crippen LogP) is -3.41. The van der Waals surface area contributed by atoms with Gasteiger partial charge < -0.3 is 45.5 Å². The number of hydrogen-bond donors (Lipinski definition) is 9. The molecule has 0 amide bonds. The maximum Gasteiger partial charge on any atom is 0.466 e. The second kappa shape index (κ2) is 10.6. The summed E-state index contributed by atoms with van der Waals surface area (Å²) in [6, 6.07) is 0. The number of aromatic amines is 2. The third kappa shape index (κ3) is 10.3. The van der Waals surface area contributed by atoms with E-state index < -0.39 is 26.6 Å². The minimum absolute atomic E-state index is 0.0783. The van der Waals surface area contributed by atoms with E-state index in [1.54, 1.807) is 0 Å². The van der Waals surface area contributed by atoms with Gasteiger partial charge >= 0.3 is 7.82 Å². The monoisotopic (exact) mass is 383 g/mol. The van der Waals surface area contributed by atoms with Gasteiger partial charge in [0.1, 0.15) is 12.4 Å². The molecule has 0 aliphatic heterocycles. The molecule has 2 rings (SSSR count). The number of carbonyl (C=O) groups is 1. The predicted molar refractivity (Wildman–Crippen MR) is 83.0 cm³/mol. The Labute approximate surface area is 139 Å². The minimum Gasteiger partial charge on any atom is -0.394 e. The van der Waals surface area contributed by atoms with Gasteiger partial charge in [0, 0.05) is 6.42 Å². The van der Waals surface area contributed by atoms with Crippen LogP contribution in [0.25, 0.3) is 11.2 Å². The maximum absolute atomic E-state index is 11.0. The van der Waals surface area contributed by atoms with Crippen molar-refractivity contribution >= 4 is 31.2 Å². The fourth-order valence-electron chi connectivity index (χ4n) is 1.24. The van der Waals surface area contributed by atoms with E-state index in [-0.39, 0.29) is 17.9 Å². The molecule has 10 N–H and O–H groups in total. The summed E-state index contributed by atoms with van der Waals surface area (Å²) in [5.74, 6) is 0.0783. The van der Waals surface area contributed by atoms with Crippen molar-refractivity contribution in [1.29, 1.82) is 0 Å². The summed E-state index contributed by atoms with van der Waals surface area (Å²) in [6.45, 7) is -0.519. The summed E-state index contributed by atoms with van der Waals surface area (Å²) in [7, 11) is -4.64. The maximum atomic E-state index is 11.0. The molecule has 2 aromatic heterocycles. The number of H-pyrrole nitrogens is 2. The summed E-state index contributed by atoms with van der Waals surface area (Å²) in [6.07, 6.45) is -0.583. The summed E-state index contributed by atoms with van der Waals surface area (Å²) < 4.78 is 8.88. The van der Waals surface area contributed by atoms with Crippen LogP contribution in [0.5, 0.6) is 0 Å². The van der Waals surface area contributed by atoms with Gasteiger partial charge in [-0.3, -0.25) is 9.78 Å². The molecule has 0 aromatic carbocycles. The van der Waals surface area contributed by atoms with Crippen LogP contribution in [-0.2, 0) is 9.36 Å². The Balaban J connectivity index is 0.000000374. The van der Waals surface area contributed by atoms with E-state index in [4.69, 9.17) is 40.3 Å². The highest BCUT2D eigenvalue weighted by molar-refractivity contribution is 7.45. The summed E-state index contributed by atoms with van der Waals surface area (Å²) >= 11 is 0. The number of carbonyl (C=O) groups excluding carboxylic acids is 1. The molecule has 0 saturated heterocycles. The summed E-state index contributed by atoms with van der Waals surface area (Å²) in [5.41, 5.74) is 5.65. The van der Waals surface area contributed by atoms with E-state index in [9.17, 15) is 9.59 Å². The van der Waals surface area contributed by atoms with Crippen molar-refractivity contribution in [2.45, 2.75) is 18.6 Å². The molecule has 0 aliphatic carbocycles. The van der Waals surface area contributed by atoms with Crippen molar-refractivity contribution in [3.63, 3.8) is 0 Å². The van der Waals surface area contributed by atoms with Gasteiger partial charge in [-0.15, -0.1) is 0 Å². The van der Waals surface area contributed by atoms with Crippen molar-refractivity contribution in [3.8, 4) is 0 Å². The number of nitrogen functional groups attached to an aromatic ring is 1. The largest absolute Gasteiger partial charge is 0.466 e. The zero-order valence-corrected chi connectivity index (χ0v) is 13.4. The van der Waals surface area contributed by atoms with E-state index in [1.165, 1.54) is 6.33 Å². The van der Waals surface area contributed by atoms with Crippen molar-refractivity contribution < 1.29 is 39.4 Å². The molecule has 0 fully saturated rings.